The van der Waals surface area contributed by atoms with Crippen LogP contribution in [-0.4, -0.2) is 24.3 Å². The van der Waals surface area contributed by atoms with Gasteiger partial charge in [-0.3, -0.25) is 0 Å². The topological polar surface area (TPSA) is 63.5 Å². The molecule has 0 aliphatic carbocycles. The lowest BCUT2D eigenvalue weighted by Gasteiger charge is -2.05. The number of hydrogen-bond acceptors (Lipinski definition) is 3. The summed E-state index contributed by atoms with van der Waals surface area (Å²) in [6.07, 6.45) is 3.43. The quantitative estimate of drug-likeness (QED) is 0.719. The van der Waals surface area contributed by atoms with Gasteiger partial charge in [-0.1, -0.05) is 15.9 Å². The van der Waals surface area contributed by atoms with Gasteiger partial charge < -0.3 is 4.40 Å². The van der Waals surface area contributed by atoms with E-state index in [0.29, 0.717) is 17.8 Å². The summed E-state index contributed by atoms with van der Waals surface area (Å²) < 4.78 is 42.3. The molecule has 0 unspecified atom stereocenters. The van der Waals surface area contributed by atoms with Crippen LogP contribution < -0.4 is 4.72 Å². The van der Waals surface area contributed by atoms with Gasteiger partial charge in [0, 0.05) is 29.8 Å². The number of fused-ring (bicyclic) bond motifs is 1. The highest BCUT2D eigenvalue weighted by Gasteiger charge is 2.13. The van der Waals surface area contributed by atoms with Crippen molar-refractivity contribution in [3.63, 3.8) is 0 Å². The van der Waals surface area contributed by atoms with E-state index in [2.05, 4.69) is 25.6 Å². The first-order valence-corrected chi connectivity index (χ1v) is 9.10. The van der Waals surface area contributed by atoms with E-state index in [1.165, 1.54) is 24.4 Å². The predicted molar refractivity (Wildman–Crippen MR) is 88.2 cm³/mol. The molecule has 2 heterocycles. The van der Waals surface area contributed by atoms with Gasteiger partial charge in [-0.25, -0.2) is 22.5 Å². The van der Waals surface area contributed by atoms with E-state index in [-0.39, 0.29) is 17.3 Å². The van der Waals surface area contributed by atoms with Gasteiger partial charge in [-0.05, 0) is 36.4 Å². The van der Waals surface area contributed by atoms with Gasteiger partial charge in [0.25, 0.3) is 0 Å². The Hall–Kier alpha value is -1.77. The van der Waals surface area contributed by atoms with Crippen LogP contribution in [0, 0.1) is 5.82 Å². The van der Waals surface area contributed by atoms with Gasteiger partial charge in [0.15, 0.2) is 0 Å². The first-order valence-electron chi connectivity index (χ1n) is 6.82. The molecule has 3 aromatic rings. The van der Waals surface area contributed by atoms with Gasteiger partial charge in [0.1, 0.15) is 11.5 Å². The standard InChI is InChI=1S/C15H13BrFN3O2S/c16-11-1-4-14(5-2-11)23(21,22)18-8-7-13-10-20-9-12(17)3-6-15(20)19-13/h1-6,9-10,18H,7-8H2. The Morgan fingerprint density at radius 2 is 1.87 bits per heavy atom. The summed E-state index contributed by atoms with van der Waals surface area (Å²) in [5.74, 6) is -0.350. The highest BCUT2D eigenvalue weighted by Crippen LogP contribution is 2.14. The van der Waals surface area contributed by atoms with E-state index in [1.54, 1.807) is 28.8 Å². The Morgan fingerprint density at radius 1 is 1.13 bits per heavy atom. The van der Waals surface area contributed by atoms with Crippen molar-refractivity contribution in [2.75, 3.05) is 6.54 Å². The van der Waals surface area contributed by atoms with Crippen LogP contribution in [0.1, 0.15) is 5.69 Å². The molecule has 0 fully saturated rings. The second-order valence-corrected chi connectivity index (χ2v) is 7.63. The summed E-state index contributed by atoms with van der Waals surface area (Å²) in [5.41, 5.74) is 1.31. The molecule has 0 amide bonds. The van der Waals surface area contributed by atoms with Crippen molar-refractivity contribution < 1.29 is 12.8 Å². The zero-order valence-corrected chi connectivity index (χ0v) is 14.3. The summed E-state index contributed by atoms with van der Waals surface area (Å²) in [7, 11) is -3.55. The van der Waals surface area contributed by atoms with E-state index >= 15 is 0 Å². The number of nitrogens with one attached hydrogen (secondary N) is 1. The molecule has 1 aromatic carbocycles. The minimum Gasteiger partial charge on any atom is -0.304 e. The molecule has 0 radical (unpaired) electrons. The van der Waals surface area contributed by atoms with Crippen LogP contribution in [0.15, 0.2) is 58.2 Å². The van der Waals surface area contributed by atoms with E-state index in [0.717, 1.165) is 4.47 Å². The number of imidazole rings is 1. The smallest absolute Gasteiger partial charge is 0.240 e. The maximum Gasteiger partial charge on any atom is 0.240 e. The van der Waals surface area contributed by atoms with Crippen LogP contribution in [0.3, 0.4) is 0 Å². The fraction of sp³-hybridized carbons (Fsp3) is 0.133. The van der Waals surface area contributed by atoms with Crippen molar-refractivity contribution in [3.8, 4) is 0 Å². The summed E-state index contributed by atoms with van der Waals surface area (Å²) in [4.78, 5) is 4.52. The van der Waals surface area contributed by atoms with Crippen LogP contribution in [0.4, 0.5) is 4.39 Å². The third kappa shape index (κ3) is 3.77. The number of nitrogens with zero attached hydrogens (tertiary/aromatic N) is 2. The van der Waals surface area contributed by atoms with E-state index < -0.39 is 10.0 Å². The van der Waals surface area contributed by atoms with Gasteiger partial charge in [0.2, 0.25) is 10.0 Å². The average molecular weight is 398 g/mol. The van der Waals surface area contributed by atoms with Gasteiger partial charge in [-0.15, -0.1) is 0 Å². The minimum atomic E-state index is -3.55. The minimum absolute atomic E-state index is 0.206. The Labute approximate surface area is 141 Å². The largest absolute Gasteiger partial charge is 0.304 e. The lowest BCUT2D eigenvalue weighted by molar-refractivity contribution is 0.581. The highest BCUT2D eigenvalue weighted by molar-refractivity contribution is 9.10. The lowest BCUT2D eigenvalue weighted by Crippen LogP contribution is -2.26. The Balaban J connectivity index is 1.66. The Morgan fingerprint density at radius 3 is 2.61 bits per heavy atom. The van der Waals surface area contributed by atoms with Gasteiger partial charge in [-0.2, -0.15) is 0 Å². The highest BCUT2D eigenvalue weighted by atomic mass is 79.9. The zero-order chi connectivity index (χ0) is 16.4. The molecule has 0 spiro atoms. The summed E-state index contributed by atoms with van der Waals surface area (Å²) in [6.45, 7) is 0.213. The third-order valence-electron chi connectivity index (χ3n) is 3.26. The Bertz CT molecular complexity index is 939. The van der Waals surface area contributed by atoms with Crippen LogP contribution >= 0.6 is 15.9 Å². The fourth-order valence-electron chi connectivity index (χ4n) is 2.15. The Kier molecular flexibility index (Phi) is 4.47. The molecule has 3 rings (SSSR count). The monoisotopic (exact) mass is 397 g/mol. The van der Waals surface area contributed by atoms with E-state index in [9.17, 15) is 12.8 Å². The van der Waals surface area contributed by atoms with Crippen molar-refractivity contribution in [3.05, 3.63) is 64.8 Å². The summed E-state index contributed by atoms with van der Waals surface area (Å²) in [6, 6.07) is 9.31. The second kappa shape index (κ2) is 6.38. The first-order chi connectivity index (χ1) is 10.9. The van der Waals surface area contributed by atoms with E-state index in [4.69, 9.17) is 0 Å². The number of rotatable bonds is 5. The van der Waals surface area contributed by atoms with Crippen LogP contribution in [0.5, 0.6) is 0 Å². The van der Waals surface area contributed by atoms with Crippen molar-refractivity contribution >= 4 is 31.6 Å². The molecule has 0 saturated heterocycles. The molecule has 0 aliphatic heterocycles. The molecule has 23 heavy (non-hydrogen) atoms. The number of hydrogen-bond donors (Lipinski definition) is 1. The molecule has 1 N–H and O–H groups in total. The fourth-order valence-corrected chi connectivity index (χ4v) is 3.44. The van der Waals surface area contributed by atoms with Crippen molar-refractivity contribution in [2.24, 2.45) is 0 Å². The van der Waals surface area contributed by atoms with Crippen molar-refractivity contribution in [1.82, 2.24) is 14.1 Å². The van der Waals surface area contributed by atoms with Crippen LogP contribution in [-0.2, 0) is 16.4 Å². The molecule has 0 saturated carbocycles. The first kappa shape index (κ1) is 16.1. The summed E-state index contributed by atoms with van der Waals surface area (Å²) in [5, 5.41) is 0. The molecular formula is C15H13BrFN3O2S. The van der Waals surface area contributed by atoms with Crippen LogP contribution in [0.2, 0.25) is 0 Å². The molecular weight excluding hydrogens is 385 g/mol. The third-order valence-corrected chi connectivity index (χ3v) is 5.27. The van der Waals surface area contributed by atoms with E-state index in [1.807, 2.05) is 0 Å². The van der Waals surface area contributed by atoms with Crippen molar-refractivity contribution in [2.45, 2.75) is 11.3 Å². The maximum atomic E-state index is 13.1. The number of sulfonamides is 1. The zero-order valence-electron chi connectivity index (χ0n) is 11.9. The van der Waals surface area contributed by atoms with Gasteiger partial charge >= 0.3 is 0 Å². The average Bonchev–Trinajstić information content (AvgIpc) is 2.89. The molecule has 120 valence electrons. The number of aromatic nitrogens is 2. The molecule has 0 atom stereocenters. The molecule has 8 heteroatoms. The lowest BCUT2D eigenvalue weighted by atomic mass is 10.3. The molecule has 0 bridgehead atoms. The number of halogens is 2. The predicted octanol–water partition coefficient (Wildman–Crippen LogP) is 2.76. The molecule has 5 nitrogen and oxygen atoms in total. The molecule has 0 aliphatic rings. The second-order valence-electron chi connectivity index (χ2n) is 4.95. The molecule has 2 aromatic heterocycles. The number of pyridine rings is 1. The van der Waals surface area contributed by atoms with Crippen molar-refractivity contribution in [1.29, 1.82) is 0 Å². The SMILES string of the molecule is O=S(=O)(NCCc1cn2cc(F)ccc2n1)c1ccc(Br)cc1. The van der Waals surface area contributed by atoms with Crippen LogP contribution in [0.25, 0.3) is 5.65 Å². The van der Waals surface area contributed by atoms with Gasteiger partial charge in [0.05, 0.1) is 10.6 Å². The number of benzene rings is 1. The normalized spacial score (nSPS) is 11.9. The summed E-state index contributed by atoms with van der Waals surface area (Å²) >= 11 is 3.26. The maximum absolute atomic E-state index is 13.1.